The van der Waals surface area contributed by atoms with E-state index in [-0.39, 0.29) is 24.2 Å². The molecular weight excluding hydrogens is 262 g/mol. The number of carbonyl (C=O) groups is 1. The van der Waals surface area contributed by atoms with Crippen molar-refractivity contribution < 1.29 is 14.8 Å². The van der Waals surface area contributed by atoms with Gasteiger partial charge in [-0.25, -0.2) is 0 Å². The van der Waals surface area contributed by atoms with Crippen LogP contribution in [0.3, 0.4) is 0 Å². The summed E-state index contributed by atoms with van der Waals surface area (Å²) in [6.07, 6.45) is 5.72. The Morgan fingerprint density at radius 1 is 1.45 bits per heavy atom. The smallest absolute Gasteiger partial charge is 0.287 e. The molecule has 0 radical (unpaired) electrons. The van der Waals surface area contributed by atoms with Crippen molar-refractivity contribution in [3.8, 4) is 0 Å². The predicted molar refractivity (Wildman–Crippen MR) is 72.6 cm³/mol. The fraction of sp³-hybridized carbons (Fsp3) is 0.615. The molecule has 1 heterocycles. The molecule has 0 bridgehead atoms. The van der Waals surface area contributed by atoms with Crippen molar-refractivity contribution >= 4 is 11.6 Å². The number of nitrogens with zero attached hydrogens (tertiary/aromatic N) is 2. The summed E-state index contributed by atoms with van der Waals surface area (Å²) in [5.74, 6) is -0.269. The molecule has 0 unspecified atom stereocenters. The minimum atomic E-state index is -0.475. The summed E-state index contributed by atoms with van der Waals surface area (Å²) in [6.45, 7) is 0.674. The van der Waals surface area contributed by atoms with Gasteiger partial charge in [0.05, 0.1) is 11.1 Å². The highest BCUT2D eigenvalue weighted by Gasteiger charge is 2.30. The predicted octanol–water partition coefficient (Wildman–Crippen LogP) is 1.62. The molecule has 0 aromatic carbocycles. The molecule has 110 valence electrons. The first-order valence-corrected chi connectivity index (χ1v) is 6.89. The molecule has 2 N–H and O–H groups in total. The Morgan fingerprint density at radius 2 is 2.20 bits per heavy atom. The van der Waals surface area contributed by atoms with Crippen LogP contribution in [0.25, 0.3) is 0 Å². The Labute approximate surface area is 116 Å². The summed E-state index contributed by atoms with van der Waals surface area (Å²) >= 11 is 0. The molecule has 1 aliphatic carbocycles. The highest BCUT2D eigenvalue weighted by molar-refractivity contribution is 5.93. The highest BCUT2D eigenvalue weighted by Crippen LogP contribution is 2.37. The number of rotatable bonds is 8. The number of nitrogens with one attached hydrogen (secondary N) is 1. The van der Waals surface area contributed by atoms with E-state index in [0.29, 0.717) is 12.2 Å². The first-order valence-electron chi connectivity index (χ1n) is 6.89. The van der Waals surface area contributed by atoms with E-state index >= 15 is 0 Å². The van der Waals surface area contributed by atoms with Gasteiger partial charge in [0.1, 0.15) is 5.69 Å². The molecule has 1 aliphatic rings. The van der Waals surface area contributed by atoms with Gasteiger partial charge >= 0.3 is 0 Å². The largest absolute Gasteiger partial charge is 0.396 e. The van der Waals surface area contributed by atoms with Gasteiger partial charge in [-0.05, 0) is 32.1 Å². The van der Waals surface area contributed by atoms with Crippen molar-refractivity contribution in [2.45, 2.75) is 38.1 Å². The first kappa shape index (κ1) is 14.5. The standard InChI is InChI=1S/C13H19N3O4/c17-7-3-1-2-6-14-13(18)12-8-11(16(19)20)9-15(12)10-4-5-10/h8-10,17H,1-7H2,(H,14,18). The van der Waals surface area contributed by atoms with Gasteiger partial charge in [0, 0.05) is 25.3 Å². The number of hydrogen-bond acceptors (Lipinski definition) is 4. The first-order chi connectivity index (χ1) is 9.63. The molecule has 1 fully saturated rings. The zero-order valence-electron chi connectivity index (χ0n) is 11.2. The SMILES string of the molecule is O=C(NCCCCCO)c1cc([N+](=O)[O-])cn1C1CC1. The van der Waals surface area contributed by atoms with Crippen LogP contribution < -0.4 is 5.32 Å². The van der Waals surface area contributed by atoms with Crippen molar-refractivity contribution in [2.24, 2.45) is 0 Å². The topological polar surface area (TPSA) is 97.4 Å². The van der Waals surface area contributed by atoms with Crippen molar-refractivity contribution in [3.63, 3.8) is 0 Å². The van der Waals surface area contributed by atoms with Crippen molar-refractivity contribution in [2.75, 3.05) is 13.2 Å². The maximum Gasteiger partial charge on any atom is 0.287 e. The summed E-state index contributed by atoms with van der Waals surface area (Å²) in [5, 5.41) is 22.2. The Morgan fingerprint density at radius 3 is 2.80 bits per heavy atom. The Hall–Kier alpha value is -1.89. The lowest BCUT2D eigenvalue weighted by Gasteiger charge is -2.07. The molecule has 0 atom stereocenters. The van der Waals surface area contributed by atoms with E-state index in [1.807, 2.05) is 0 Å². The normalized spacial score (nSPS) is 14.2. The average molecular weight is 281 g/mol. The third-order valence-electron chi connectivity index (χ3n) is 3.34. The fourth-order valence-corrected chi connectivity index (χ4v) is 2.11. The van der Waals surface area contributed by atoms with Crippen molar-refractivity contribution in [1.82, 2.24) is 9.88 Å². The van der Waals surface area contributed by atoms with E-state index < -0.39 is 4.92 Å². The summed E-state index contributed by atoms with van der Waals surface area (Å²) in [6, 6.07) is 1.56. The summed E-state index contributed by atoms with van der Waals surface area (Å²) in [7, 11) is 0. The van der Waals surface area contributed by atoms with Crippen molar-refractivity contribution in [1.29, 1.82) is 0 Å². The second-order valence-electron chi connectivity index (χ2n) is 5.02. The van der Waals surface area contributed by atoms with Crippen molar-refractivity contribution in [3.05, 3.63) is 28.1 Å². The number of unbranched alkanes of at least 4 members (excludes halogenated alkanes) is 2. The lowest BCUT2D eigenvalue weighted by Crippen LogP contribution is -2.26. The molecule has 7 nitrogen and oxygen atoms in total. The van der Waals surface area contributed by atoms with Crippen LogP contribution in [0, 0.1) is 10.1 Å². The van der Waals surface area contributed by atoms with Gasteiger partial charge in [0.2, 0.25) is 0 Å². The Bertz CT molecular complexity index is 494. The van der Waals surface area contributed by atoms with Crippen LogP contribution in [0.5, 0.6) is 0 Å². The molecule has 0 saturated heterocycles. The summed E-state index contributed by atoms with van der Waals surface area (Å²) in [4.78, 5) is 22.4. The summed E-state index contributed by atoms with van der Waals surface area (Å²) < 4.78 is 1.71. The van der Waals surface area contributed by atoms with Crippen LogP contribution >= 0.6 is 0 Å². The van der Waals surface area contributed by atoms with Crippen LogP contribution in [0.15, 0.2) is 12.3 Å². The van der Waals surface area contributed by atoms with Gasteiger partial charge in [-0.2, -0.15) is 0 Å². The van der Waals surface area contributed by atoms with E-state index in [0.717, 1.165) is 32.1 Å². The maximum atomic E-state index is 12.1. The molecule has 7 heteroatoms. The van der Waals surface area contributed by atoms with E-state index in [2.05, 4.69) is 5.32 Å². The fourth-order valence-electron chi connectivity index (χ4n) is 2.11. The van der Waals surface area contributed by atoms with E-state index in [1.165, 1.54) is 12.3 Å². The third-order valence-corrected chi connectivity index (χ3v) is 3.34. The highest BCUT2D eigenvalue weighted by atomic mass is 16.6. The molecule has 1 aromatic rings. The van der Waals surface area contributed by atoms with E-state index in [9.17, 15) is 14.9 Å². The molecule has 2 rings (SSSR count). The van der Waals surface area contributed by atoms with Crippen LogP contribution in [-0.4, -0.2) is 33.7 Å². The molecule has 1 amide bonds. The van der Waals surface area contributed by atoms with E-state index in [4.69, 9.17) is 5.11 Å². The molecule has 0 spiro atoms. The second kappa shape index (κ2) is 6.51. The number of nitro groups is 1. The van der Waals surface area contributed by atoms with Crippen LogP contribution in [-0.2, 0) is 0 Å². The van der Waals surface area contributed by atoms with E-state index in [1.54, 1.807) is 4.57 Å². The van der Waals surface area contributed by atoms with Gasteiger partial charge < -0.3 is 15.0 Å². The van der Waals surface area contributed by atoms with Gasteiger partial charge in [0.15, 0.2) is 0 Å². The number of aromatic nitrogens is 1. The van der Waals surface area contributed by atoms with Crippen LogP contribution in [0.4, 0.5) is 5.69 Å². The number of aliphatic hydroxyl groups is 1. The zero-order valence-corrected chi connectivity index (χ0v) is 11.2. The monoisotopic (exact) mass is 281 g/mol. The minimum absolute atomic E-state index is 0.0395. The van der Waals surface area contributed by atoms with Crippen LogP contribution in [0.2, 0.25) is 0 Å². The zero-order chi connectivity index (χ0) is 14.5. The molecular formula is C13H19N3O4. The van der Waals surface area contributed by atoms with Gasteiger partial charge in [0.25, 0.3) is 11.6 Å². The van der Waals surface area contributed by atoms with Gasteiger partial charge in [-0.1, -0.05) is 0 Å². The molecule has 1 saturated carbocycles. The maximum absolute atomic E-state index is 12.1. The minimum Gasteiger partial charge on any atom is -0.396 e. The average Bonchev–Trinajstić information content (AvgIpc) is 3.16. The van der Waals surface area contributed by atoms with Gasteiger partial charge in [-0.15, -0.1) is 0 Å². The molecule has 1 aromatic heterocycles. The molecule has 20 heavy (non-hydrogen) atoms. The Balaban J connectivity index is 1.96. The van der Waals surface area contributed by atoms with Crippen LogP contribution in [0.1, 0.15) is 48.6 Å². The Kier molecular flexibility index (Phi) is 4.73. The third kappa shape index (κ3) is 3.57. The van der Waals surface area contributed by atoms with Gasteiger partial charge in [-0.3, -0.25) is 14.9 Å². The summed E-state index contributed by atoms with van der Waals surface area (Å²) in [5.41, 5.74) is 0.323. The lowest BCUT2D eigenvalue weighted by molar-refractivity contribution is -0.384. The number of hydrogen-bond donors (Lipinski definition) is 2. The second-order valence-corrected chi connectivity index (χ2v) is 5.02. The number of amides is 1. The number of aliphatic hydroxyl groups excluding tert-OH is 1. The lowest BCUT2D eigenvalue weighted by atomic mass is 10.2. The molecule has 0 aliphatic heterocycles. The quantitative estimate of drug-likeness (QED) is 0.430. The number of carbonyl (C=O) groups excluding carboxylic acids is 1.